The summed E-state index contributed by atoms with van der Waals surface area (Å²) >= 11 is 0. The van der Waals surface area contributed by atoms with Crippen LogP contribution in [0.4, 0.5) is 13.2 Å². The molecule has 1 aromatic carbocycles. The zero-order chi connectivity index (χ0) is 19.3. The van der Waals surface area contributed by atoms with Gasteiger partial charge in [0.25, 0.3) is 5.91 Å². The van der Waals surface area contributed by atoms with E-state index in [-0.39, 0.29) is 19.0 Å². The minimum absolute atomic E-state index is 0.0481. The Morgan fingerprint density at radius 1 is 1.04 bits per heavy atom. The van der Waals surface area contributed by atoms with E-state index in [2.05, 4.69) is 4.90 Å². The molecule has 1 N–H and O–H groups in total. The molecule has 0 radical (unpaired) electrons. The molecular weight excluding hydrogens is 361 g/mol. The molecule has 146 valence electrons. The molecule has 27 heavy (non-hydrogen) atoms. The van der Waals surface area contributed by atoms with Gasteiger partial charge in [-0.15, -0.1) is 0 Å². The van der Waals surface area contributed by atoms with Crippen LogP contribution in [0.2, 0.25) is 0 Å². The Morgan fingerprint density at radius 2 is 1.74 bits per heavy atom. The first kappa shape index (κ1) is 18.3. The van der Waals surface area contributed by atoms with Crippen molar-refractivity contribution in [3.8, 4) is 0 Å². The summed E-state index contributed by atoms with van der Waals surface area (Å²) in [6.45, 7) is 1.07. The number of amides is 1. The van der Waals surface area contributed by atoms with Crippen molar-refractivity contribution in [3.63, 3.8) is 0 Å². The molecule has 2 aliphatic heterocycles. The fourth-order valence-corrected chi connectivity index (χ4v) is 4.97. The van der Waals surface area contributed by atoms with Gasteiger partial charge in [0.2, 0.25) is 0 Å². The lowest BCUT2D eigenvalue weighted by Crippen LogP contribution is -2.43. The number of rotatable bonds is 3. The second kappa shape index (κ2) is 6.51. The maximum absolute atomic E-state index is 14.0. The summed E-state index contributed by atoms with van der Waals surface area (Å²) in [7, 11) is 0. The third-order valence-electron chi connectivity index (χ3n) is 6.46. The molecule has 0 aromatic heterocycles. The highest BCUT2D eigenvalue weighted by Crippen LogP contribution is 2.45. The summed E-state index contributed by atoms with van der Waals surface area (Å²) in [6, 6.07) is 2.00. The number of nitrogens with zero attached hydrogens (tertiary/aromatic N) is 2. The van der Waals surface area contributed by atoms with Crippen LogP contribution in [0.3, 0.4) is 0 Å². The average Bonchev–Trinajstić information content (AvgIpc) is 3.33. The zero-order valence-corrected chi connectivity index (χ0v) is 14.8. The van der Waals surface area contributed by atoms with Crippen molar-refractivity contribution in [2.24, 2.45) is 11.3 Å². The summed E-state index contributed by atoms with van der Waals surface area (Å²) in [4.78, 5) is 28.2. The normalized spacial score (nSPS) is 28.7. The van der Waals surface area contributed by atoms with Gasteiger partial charge in [0.05, 0.1) is 5.56 Å². The first-order valence-corrected chi connectivity index (χ1v) is 9.23. The molecule has 3 aliphatic rings. The largest absolute Gasteiger partial charge is 0.481 e. The lowest BCUT2D eigenvalue weighted by molar-refractivity contribution is -0.148. The number of carboxylic acids is 1. The first-order valence-electron chi connectivity index (χ1n) is 9.23. The van der Waals surface area contributed by atoms with E-state index in [0.29, 0.717) is 25.2 Å². The van der Waals surface area contributed by atoms with Crippen molar-refractivity contribution in [1.82, 2.24) is 9.80 Å². The van der Waals surface area contributed by atoms with Crippen LogP contribution in [0.1, 0.15) is 36.0 Å². The Bertz CT molecular complexity index is 797. The van der Waals surface area contributed by atoms with Gasteiger partial charge in [-0.25, -0.2) is 13.2 Å². The molecule has 0 bridgehead atoms. The van der Waals surface area contributed by atoms with Crippen LogP contribution in [-0.4, -0.2) is 59.0 Å². The van der Waals surface area contributed by atoms with E-state index >= 15 is 0 Å². The summed E-state index contributed by atoms with van der Waals surface area (Å²) in [5.74, 6) is -6.61. The number of aliphatic carboxylic acids is 1. The molecule has 1 aliphatic carbocycles. The molecule has 4 rings (SSSR count). The molecule has 2 heterocycles. The summed E-state index contributed by atoms with van der Waals surface area (Å²) in [5, 5.41) is 9.89. The van der Waals surface area contributed by atoms with E-state index < -0.39 is 40.3 Å². The van der Waals surface area contributed by atoms with Gasteiger partial charge in [-0.05, 0) is 25.0 Å². The molecule has 1 amide bonds. The molecule has 3 fully saturated rings. The number of likely N-dealkylation sites (tertiary alicyclic amines) is 2. The second-order valence-electron chi connectivity index (χ2n) is 7.93. The lowest BCUT2D eigenvalue weighted by Gasteiger charge is -2.28. The summed E-state index contributed by atoms with van der Waals surface area (Å²) in [6.07, 6.45) is 4.41. The Kier molecular flexibility index (Phi) is 4.41. The van der Waals surface area contributed by atoms with Crippen molar-refractivity contribution in [2.75, 3.05) is 26.2 Å². The van der Waals surface area contributed by atoms with E-state index in [4.69, 9.17) is 0 Å². The number of fused-ring (bicyclic) bond motifs is 1. The Hall–Kier alpha value is -2.09. The van der Waals surface area contributed by atoms with E-state index in [9.17, 15) is 27.9 Å². The van der Waals surface area contributed by atoms with Gasteiger partial charge in [0.1, 0.15) is 5.41 Å². The van der Waals surface area contributed by atoms with Gasteiger partial charge in [-0.2, -0.15) is 0 Å². The van der Waals surface area contributed by atoms with Crippen molar-refractivity contribution < 1.29 is 27.9 Å². The minimum atomic E-state index is -1.69. The highest BCUT2D eigenvalue weighted by atomic mass is 19.2. The third kappa shape index (κ3) is 2.81. The number of carbonyl (C=O) groups excluding carboxylic acids is 1. The van der Waals surface area contributed by atoms with Gasteiger partial charge < -0.3 is 10.0 Å². The first-order chi connectivity index (χ1) is 12.8. The SMILES string of the molecule is O=C(c1ccc(F)c(F)c1F)N1C[C@@H]2CN(C3CCCC3)C[C@]2(C(=O)O)C1. The quantitative estimate of drug-likeness (QED) is 0.816. The van der Waals surface area contributed by atoms with Gasteiger partial charge >= 0.3 is 5.97 Å². The monoisotopic (exact) mass is 382 g/mol. The number of hydrogen-bond donors (Lipinski definition) is 1. The fraction of sp³-hybridized carbons (Fsp3) is 0.579. The third-order valence-corrected chi connectivity index (χ3v) is 6.46. The molecule has 1 saturated carbocycles. The van der Waals surface area contributed by atoms with Crippen LogP contribution in [0.5, 0.6) is 0 Å². The van der Waals surface area contributed by atoms with Crippen molar-refractivity contribution in [3.05, 3.63) is 35.1 Å². The molecule has 2 saturated heterocycles. The second-order valence-corrected chi connectivity index (χ2v) is 7.93. The van der Waals surface area contributed by atoms with Gasteiger partial charge in [0, 0.05) is 38.1 Å². The average molecular weight is 382 g/mol. The standard InChI is InChI=1S/C19H21F3N2O3/c20-14-6-5-13(15(21)16(14)22)17(25)24-8-11-7-23(12-3-1-2-4-12)9-19(11,10-24)18(26)27/h5-6,11-12H,1-4,7-10H2,(H,26,27)/t11-,19-/m0/s1. The predicted octanol–water partition coefficient (Wildman–Crippen LogP) is 2.51. The molecule has 5 nitrogen and oxygen atoms in total. The Morgan fingerprint density at radius 3 is 2.37 bits per heavy atom. The number of halogens is 3. The number of carboxylic acid groups (broad SMARTS) is 1. The molecule has 1 aromatic rings. The topological polar surface area (TPSA) is 60.9 Å². The number of carbonyl (C=O) groups is 2. The van der Waals surface area contributed by atoms with Crippen LogP contribution >= 0.6 is 0 Å². The zero-order valence-electron chi connectivity index (χ0n) is 14.8. The molecule has 8 heteroatoms. The molecule has 0 spiro atoms. The highest BCUT2D eigenvalue weighted by Gasteiger charge is 2.59. The summed E-state index contributed by atoms with van der Waals surface area (Å²) in [5.41, 5.74) is -1.66. The van der Waals surface area contributed by atoms with Crippen LogP contribution < -0.4 is 0 Å². The van der Waals surface area contributed by atoms with Crippen LogP contribution in [-0.2, 0) is 4.79 Å². The predicted molar refractivity (Wildman–Crippen MR) is 89.6 cm³/mol. The van der Waals surface area contributed by atoms with Gasteiger partial charge in [-0.3, -0.25) is 14.5 Å². The number of hydrogen-bond acceptors (Lipinski definition) is 3. The Labute approximate surface area is 154 Å². The van der Waals surface area contributed by atoms with E-state index in [1.165, 1.54) is 4.90 Å². The highest BCUT2D eigenvalue weighted by molar-refractivity contribution is 5.95. The molecule has 0 unspecified atom stereocenters. The van der Waals surface area contributed by atoms with Crippen molar-refractivity contribution in [1.29, 1.82) is 0 Å². The van der Waals surface area contributed by atoms with E-state index in [0.717, 1.165) is 31.7 Å². The van der Waals surface area contributed by atoms with Gasteiger partial charge in [0.15, 0.2) is 17.5 Å². The number of benzene rings is 1. The maximum Gasteiger partial charge on any atom is 0.313 e. The molecular formula is C19H21F3N2O3. The van der Waals surface area contributed by atoms with E-state index in [1.54, 1.807) is 0 Å². The fourth-order valence-electron chi connectivity index (χ4n) is 4.97. The van der Waals surface area contributed by atoms with Crippen LogP contribution in [0, 0.1) is 28.8 Å². The van der Waals surface area contributed by atoms with Crippen molar-refractivity contribution >= 4 is 11.9 Å². The van der Waals surface area contributed by atoms with Gasteiger partial charge in [-0.1, -0.05) is 12.8 Å². The Balaban J connectivity index is 1.56. The van der Waals surface area contributed by atoms with Crippen LogP contribution in [0.15, 0.2) is 12.1 Å². The molecule has 2 atom stereocenters. The van der Waals surface area contributed by atoms with E-state index in [1.807, 2.05) is 0 Å². The van der Waals surface area contributed by atoms with Crippen molar-refractivity contribution in [2.45, 2.75) is 31.7 Å². The van der Waals surface area contributed by atoms with Crippen LogP contribution in [0.25, 0.3) is 0 Å². The smallest absolute Gasteiger partial charge is 0.313 e. The minimum Gasteiger partial charge on any atom is -0.481 e. The maximum atomic E-state index is 14.0. The lowest BCUT2D eigenvalue weighted by atomic mass is 9.81. The summed E-state index contributed by atoms with van der Waals surface area (Å²) < 4.78 is 40.6.